The molecule has 4 N–H and O–H groups in total. The van der Waals surface area contributed by atoms with Crippen LogP contribution < -0.4 is 21.3 Å². The Bertz CT molecular complexity index is 746. The molecule has 0 saturated carbocycles. The van der Waals surface area contributed by atoms with Gasteiger partial charge in [-0.05, 0) is 51.4 Å². The molecule has 0 bridgehead atoms. The molecule has 10 nitrogen and oxygen atoms in total. The number of unbranched alkanes of at least 4 members (excludes halogenated alkanes) is 2. The quantitative estimate of drug-likeness (QED) is 0.0926. The number of carbonyl (C=O) groups excluding carboxylic acids is 3. The van der Waals surface area contributed by atoms with E-state index in [-0.39, 0.29) is 29.3 Å². The molecule has 3 rings (SSSR count). The molecule has 3 aliphatic heterocycles. The number of nitrogens with one attached hydrogen (secondary N) is 4. The second-order valence-corrected chi connectivity index (χ2v) is 14.9. The van der Waals surface area contributed by atoms with Gasteiger partial charge in [-0.2, -0.15) is 0 Å². The lowest BCUT2D eigenvalue weighted by Gasteiger charge is -2.10. The largest absolute Gasteiger partial charge is 0.379 e. The van der Waals surface area contributed by atoms with E-state index in [4.69, 9.17) is 14.2 Å². The van der Waals surface area contributed by atoms with Crippen LogP contribution in [0.25, 0.3) is 0 Å². The lowest BCUT2D eigenvalue weighted by molar-refractivity contribution is -0.122. The first-order chi connectivity index (χ1) is 20.1. The van der Waals surface area contributed by atoms with Crippen molar-refractivity contribution in [2.24, 2.45) is 0 Å². The minimum absolute atomic E-state index is 0.0536. The lowest BCUT2D eigenvalue weighted by atomic mass is 10.1. The van der Waals surface area contributed by atoms with Gasteiger partial charge in [0.1, 0.15) is 0 Å². The van der Waals surface area contributed by atoms with Gasteiger partial charge in [-0.25, -0.2) is 4.79 Å². The van der Waals surface area contributed by atoms with Gasteiger partial charge >= 0.3 is 6.03 Å². The molecule has 3 fully saturated rings. The third-order valence-corrected chi connectivity index (χ3v) is 11.8. The summed E-state index contributed by atoms with van der Waals surface area (Å²) in [5, 5.41) is 13.4. The molecule has 3 aliphatic rings. The predicted octanol–water partition coefficient (Wildman–Crippen LogP) is 3.84. The first-order valence-corrected chi connectivity index (χ1v) is 18.7. The maximum atomic E-state index is 12.0. The van der Waals surface area contributed by atoms with Gasteiger partial charge in [0.15, 0.2) is 0 Å². The smallest absolute Gasteiger partial charge is 0.316 e. The minimum Gasteiger partial charge on any atom is -0.379 e. The second-order valence-electron chi connectivity index (χ2n) is 10.7. The number of urea groups is 1. The van der Waals surface area contributed by atoms with Crippen LogP contribution in [0, 0.1) is 0 Å². The fourth-order valence-electron chi connectivity index (χ4n) is 4.96. The Morgan fingerprint density at radius 1 is 0.756 bits per heavy atom. The zero-order valence-corrected chi connectivity index (χ0v) is 26.8. The zero-order chi connectivity index (χ0) is 29.0. The van der Waals surface area contributed by atoms with E-state index in [0.29, 0.717) is 70.8 Å². The van der Waals surface area contributed by atoms with E-state index in [9.17, 15) is 14.4 Å². The predicted molar refractivity (Wildman–Crippen MR) is 168 cm³/mol. The highest BCUT2D eigenvalue weighted by atomic mass is 33.1. The summed E-state index contributed by atoms with van der Waals surface area (Å²) in [6.07, 6.45) is 11.5. The van der Waals surface area contributed by atoms with Gasteiger partial charge < -0.3 is 35.5 Å². The van der Waals surface area contributed by atoms with Gasteiger partial charge in [-0.3, -0.25) is 9.59 Å². The molecule has 4 atom stereocenters. The number of ether oxygens (including phenoxy) is 3. The Kier molecular flexibility index (Phi) is 18.4. The molecular formula is C28H50N4O6S3. The second kappa shape index (κ2) is 21.8. The Hall–Kier alpha value is -0.860. The molecule has 4 amide bonds. The summed E-state index contributed by atoms with van der Waals surface area (Å²) in [6, 6.07) is 0.206. The van der Waals surface area contributed by atoms with Crippen LogP contribution in [0.5, 0.6) is 0 Å². The van der Waals surface area contributed by atoms with Crippen LogP contribution in [0.1, 0.15) is 77.0 Å². The molecule has 0 aromatic rings. The SMILES string of the molecule is O=C(CCCC[C@@H]1CCSS1)NCCCOCCOCCOCCCNC(=O)CCCC[C@@H]1C[C@@H]2NC(=O)N[C@@H]2S1. The summed E-state index contributed by atoms with van der Waals surface area (Å²) in [5.41, 5.74) is 0. The molecule has 0 unspecified atom stereocenters. The van der Waals surface area contributed by atoms with Crippen molar-refractivity contribution in [1.29, 1.82) is 0 Å². The molecule has 0 aromatic carbocycles. The number of amides is 4. The van der Waals surface area contributed by atoms with Crippen LogP contribution in [-0.4, -0.2) is 98.2 Å². The van der Waals surface area contributed by atoms with Crippen molar-refractivity contribution in [3.05, 3.63) is 0 Å². The normalized spacial score (nSPS) is 23.3. The molecule has 0 aromatic heterocycles. The van der Waals surface area contributed by atoms with Gasteiger partial charge in [-0.1, -0.05) is 34.4 Å². The van der Waals surface area contributed by atoms with Gasteiger partial charge in [0.25, 0.3) is 0 Å². The minimum atomic E-state index is -0.0536. The molecule has 0 aliphatic carbocycles. The third-order valence-electron chi connectivity index (χ3n) is 7.22. The van der Waals surface area contributed by atoms with Crippen molar-refractivity contribution in [2.75, 3.05) is 58.5 Å². The first-order valence-electron chi connectivity index (χ1n) is 15.4. The number of fused-ring (bicyclic) bond motifs is 1. The maximum Gasteiger partial charge on any atom is 0.316 e. The monoisotopic (exact) mass is 634 g/mol. The summed E-state index contributed by atoms with van der Waals surface area (Å²) in [7, 11) is 3.98. The van der Waals surface area contributed by atoms with E-state index in [1.807, 2.05) is 33.3 Å². The summed E-state index contributed by atoms with van der Waals surface area (Å²) in [5.74, 6) is 1.52. The van der Waals surface area contributed by atoms with Gasteiger partial charge in [0.05, 0.1) is 37.8 Å². The van der Waals surface area contributed by atoms with Crippen LogP contribution in [-0.2, 0) is 23.8 Å². The zero-order valence-electron chi connectivity index (χ0n) is 24.3. The van der Waals surface area contributed by atoms with Gasteiger partial charge in [0.2, 0.25) is 11.8 Å². The fourth-order valence-corrected chi connectivity index (χ4v) is 9.57. The molecule has 236 valence electrons. The van der Waals surface area contributed by atoms with Crippen molar-refractivity contribution in [3.63, 3.8) is 0 Å². The molecule has 3 saturated heterocycles. The van der Waals surface area contributed by atoms with Crippen molar-refractivity contribution < 1.29 is 28.6 Å². The molecule has 3 heterocycles. The Labute approximate surface area is 257 Å². The maximum absolute atomic E-state index is 12.0. The Morgan fingerprint density at radius 3 is 1.90 bits per heavy atom. The van der Waals surface area contributed by atoms with E-state index in [2.05, 4.69) is 21.3 Å². The van der Waals surface area contributed by atoms with E-state index < -0.39 is 0 Å². The summed E-state index contributed by atoms with van der Waals surface area (Å²) in [6.45, 7) is 4.60. The Balaban J connectivity index is 0.964. The Morgan fingerprint density at radius 2 is 1.34 bits per heavy atom. The van der Waals surface area contributed by atoms with Crippen LogP contribution >= 0.6 is 33.3 Å². The number of rotatable bonds is 24. The van der Waals surface area contributed by atoms with E-state index in [1.165, 1.54) is 18.6 Å². The van der Waals surface area contributed by atoms with Gasteiger partial charge in [-0.15, -0.1) is 11.8 Å². The van der Waals surface area contributed by atoms with Crippen LogP contribution in [0.3, 0.4) is 0 Å². The van der Waals surface area contributed by atoms with Crippen LogP contribution in [0.4, 0.5) is 4.79 Å². The number of thioether (sulfide) groups is 1. The summed E-state index contributed by atoms with van der Waals surface area (Å²) >= 11 is 1.84. The summed E-state index contributed by atoms with van der Waals surface area (Å²) < 4.78 is 16.6. The highest BCUT2D eigenvalue weighted by Crippen LogP contribution is 2.40. The summed E-state index contributed by atoms with van der Waals surface area (Å²) in [4.78, 5) is 35.2. The highest BCUT2D eigenvalue weighted by Gasteiger charge is 2.40. The van der Waals surface area contributed by atoms with Gasteiger partial charge in [0, 0.05) is 55.4 Å². The third kappa shape index (κ3) is 16.0. The standard InChI is InChI=1S/C28H50N4O6S3/c33-25(9-3-1-7-22-11-20-39-41-22)29-12-5-14-36-16-18-38-19-17-37-15-6-13-30-26(34)10-4-2-8-23-21-24-27(40-23)32-28(35)31-24/h22-24,27H,1-21H2,(H,29,33)(H,30,34)(H2,31,32,35)/t22-,23-,24+,27-/m1/s1. The average molecular weight is 635 g/mol. The van der Waals surface area contributed by atoms with E-state index in [1.54, 1.807) is 0 Å². The van der Waals surface area contributed by atoms with Crippen LogP contribution in [0.15, 0.2) is 0 Å². The number of hydrogen-bond donors (Lipinski definition) is 4. The molecule has 41 heavy (non-hydrogen) atoms. The number of carbonyl (C=O) groups is 3. The van der Waals surface area contributed by atoms with Crippen molar-refractivity contribution in [1.82, 2.24) is 21.3 Å². The van der Waals surface area contributed by atoms with Crippen molar-refractivity contribution >= 4 is 51.2 Å². The molecule has 0 spiro atoms. The van der Waals surface area contributed by atoms with E-state index in [0.717, 1.165) is 56.6 Å². The fraction of sp³-hybridized carbons (Fsp3) is 0.893. The van der Waals surface area contributed by atoms with Crippen molar-refractivity contribution in [2.45, 2.75) is 99.0 Å². The highest BCUT2D eigenvalue weighted by molar-refractivity contribution is 8.77. The number of hydrogen-bond acceptors (Lipinski definition) is 9. The van der Waals surface area contributed by atoms with E-state index >= 15 is 0 Å². The average Bonchev–Trinajstić information content (AvgIpc) is 3.68. The van der Waals surface area contributed by atoms with Crippen molar-refractivity contribution in [3.8, 4) is 0 Å². The molecule has 13 heteroatoms. The van der Waals surface area contributed by atoms with Crippen LogP contribution in [0.2, 0.25) is 0 Å². The molecular weight excluding hydrogens is 585 g/mol. The topological polar surface area (TPSA) is 127 Å². The lowest BCUT2D eigenvalue weighted by Crippen LogP contribution is -2.27. The first kappa shape index (κ1) is 34.6. The molecule has 0 radical (unpaired) electrons.